The number of carbonyl (C=O) groups is 1. The van der Waals surface area contributed by atoms with Crippen molar-refractivity contribution in [2.24, 2.45) is 0 Å². The van der Waals surface area contributed by atoms with Crippen molar-refractivity contribution in [1.29, 1.82) is 0 Å². The highest BCUT2D eigenvalue weighted by atomic mass is 16.1. The topological polar surface area (TPSA) is 20.3 Å². The molecule has 0 bridgehead atoms. The Labute approximate surface area is 85.5 Å². The predicted octanol–water partition coefficient (Wildman–Crippen LogP) is 2.41. The Hall–Kier alpha value is -1.31. The molecule has 0 aliphatic rings. The molecule has 1 rings (SSSR count). The van der Waals surface area contributed by atoms with Gasteiger partial charge in [-0.15, -0.1) is 0 Å². The molecule has 0 N–H and O–H groups in total. The smallest absolute Gasteiger partial charge is 0.131 e. The van der Waals surface area contributed by atoms with Gasteiger partial charge in [-0.2, -0.15) is 0 Å². The van der Waals surface area contributed by atoms with Gasteiger partial charge in [-0.3, -0.25) is 4.79 Å². The largest absolute Gasteiger partial charge is 0.374 e. The Balaban J connectivity index is 2.56. The number of nitrogens with zero attached hydrogens (tertiary/aromatic N) is 1. The molecule has 0 heterocycles. The monoisotopic (exact) mass is 191 g/mol. The van der Waals surface area contributed by atoms with Crippen LogP contribution in [0.2, 0.25) is 0 Å². The van der Waals surface area contributed by atoms with Crippen molar-refractivity contribution in [3.05, 3.63) is 29.8 Å². The van der Waals surface area contributed by atoms with Gasteiger partial charge in [0.15, 0.2) is 0 Å². The zero-order chi connectivity index (χ0) is 10.6. The lowest BCUT2D eigenvalue weighted by molar-refractivity contribution is -0.116. The van der Waals surface area contributed by atoms with Gasteiger partial charge < -0.3 is 4.90 Å². The second-order valence-electron chi connectivity index (χ2n) is 3.71. The maximum absolute atomic E-state index is 10.8. The summed E-state index contributed by atoms with van der Waals surface area (Å²) in [5.74, 6) is 0.240. The minimum absolute atomic E-state index is 0.240. The molecule has 76 valence electrons. The maximum atomic E-state index is 10.8. The summed E-state index contributed by atoms with van der Waals surface area (Å²) in [5.41, 5.74) is 2.42. The highest BCUT2D eigenvalue weighted by molar-refractivity contribution is 5.76. The first-order valence-corrected chi connectivity index (χ1v) is 4.87. The van der Waals surface area contributed by atoms with Crippen molar-refractivity contribution < 1.29 is 4.79 Å². The number of aryl methyl sites for hydroxylation is 1. The van der Waals surface area contributed by atoms with E-state index in [0.717, 1.165) is 12.2 Å². The normalized spacial score (nSPS) is 9.93. The summed E-state index contributed by atoms with van der Waals surface area (Å²) < 4.78 is 0. The standard InChI is InChI=1S/C12H17NO/c1-10-4-6-12(7-5-10)13(3)9-8-11(2)14/h4-7H,8-9H2,1-3H3. The van der Waals surface area contributed by atoms with Gasteiger partial charge in [0, 0.05) is 25.7 Å². The van der Waals surface area contributed by atoms with Crippen LogP contribution in [0.1, 0.15) is 18.9 Å². The summed E-state index contributed by atoms with van der Waals surface area (Å²) >= 11 is 0. The lowest BCUT2D eigenvalue weighted by atomic mass is 10.2. The van der Waals surface area contributed by atoms with Crippen molar-refractivity contribution >= 4 is 11.5 Å². The Morgan fingerprint density at radius 3 is 2.36 bits per heavy atom. The molecule has 0 spiro atoms. The molecule has 0 aromatic heterocycles. The van der Waals surface area contributed by atoms with E-state index >= 15 is 0 Å². The fourth-order valence-electron chi connectivity index (χ4n) is 1.25. The van der Waals surface area contributed by atoms with Gasteiger partial charge in [0.2, 0.25) is 0 Å². The SMILES string of the molecule is CC(=O)CCN(C)c1ccc(C)cc1. The van der Waals surface area contributed by atoms with Crippen LogP contribution in [0.15, 0.2) is 24.3 Å². The number of carbonyl (C=O) groups excluding carboxylic acids is 1. The van der Waals surface area contributed by atoms with Crippen LogP contribution in [-0.2, 0) is 4.79 Å². The van der Waals surface area contributed by atoms with Crippen LogP contribution in [-0.4, -0.2) is 19.4 Å². The number of rotatable bonds is 4. The second-order valence-corrected chi connectivity index (χ2v) is 3.71. The third-order valence-electron chi connectivity index (χ3n) is 2.27. The van der Waals surface area contributed by atoms with E-state index in [1.165, 1.54) is 5.56 Å². The number of benzene rings is 1. The summed E-state index contributed by atoms with van der Waals surface area (Å²) in [5, 5.41) is 0. The molecule has 0 aliphatic carbocycles. The Kier molecular flexibility index (Phi) is 3.69. The second kappa shape index (κ2) is 4.80. The minimum Gasteiger partial charge on any atom is -0.374 e. The van der Waals surface area contributed by atoms with E-state index in [-0.39, 0.29) is 5.78 Å². The fourth-order valence-corrected chi connectivity index (χ4v) is 1.25. The number of anilines is 1. The molecule has 1 aromatic carbocycles. The number of ketones is 1. The number of hydrogen-bond acceptors (Lipinski definition) is 2. The number of hydrogen-bond donors (Lipinski definition) is 0. The van der Waals surface area contributed by atoms with Crippen LogP contribution in [0.25, 0.3) is 0 Å². The molecule has 2 heteroatoms. The van der Waals surface area contributed by atoms with E-state index in [1.807, 2.05) is 7.05 Å². The lowest BCUT2D eigenvalue weighted by Crippen LogP contribution is -2.20. The highest BCUT2D eigenvalue weighted by Crippen LogP contribution is 2.13. The van der Waals surface area contributed by atoms with Gasteiger partial charge >= 0.3 is 0 Å². The van der Waals surface area contributed by atoms with E-state index in [9.17, 15) is 4.79 Å². The van der Waals surface area contributed by atoms with E-state index in [4.69, 9.17) is 0 Å². The van der Waals surface area contributed by atoms with Gasteiger partial charge in [0.1, 0.15) is 5.78 Å². The molecule has 0 atom stereocenters. The first-order valence-electron chi connectivity index (χ1n) is 4.87. The third kappa shape index (κ3) is 3.21. The van der Waals surface area contributed by atoms with Crippen LogP contribution < -0.4 is 4.90 Å². The summed E-state index contributed by atoms with van der Waals surface area (Å²) in [6, 6.07) is 8.32. The van der Waals surface area contributed by atoms with Crippen LogP contribution in [0, 0.1) is 6.92 Å². The summed E-state index contributed by atoms with van der Waals surface area (Å²) in [6.07, 6.45) is 0.615. The molecule has 0 fully saturated rings. The fraction of sp³-hybridized carbons (Fsp3) is 0.417. The zero-order valence-electron chi connectivity index (χ0n) is 9.08. The zero-order valence-corrected chi connectivity index (χ0v) is 9.08. The Morgan fingerprint density at radius 2 is 1.86 bits per heavy atom. The molecule has 0 saturated carbocycles. The third-order valence-corrected chi connectivity index (χ3v) is 2.27. The van der Waals surface area contributed by atoms with Crippen molar-refractivity contribution in [3.63, 3.8) is 0 Å². The van der Waals surface area contributed by atoms with Crippen molar-refractivity contribution in [3.8, 4) is 0 Å². The van der Waals surface area contributed by atoms with Gasteiger partial charge in [0.05, 0.1) is 0 Å². The molecular weight excluding hydrogens is 174 g/mol. The average molecular weight is 191 g/mol. The maximum Gasteiger partial charge on any atom is 0.131 e. The minimum atomic E-state index is 0.240. The summed E-state index contributed by atoms with van der Waals surface area (Å²) in [6.45, 7) is 4.49. The molecule has 0 unspecified atom stereocenters. The number of Topliss-reactive ketones (excluding diaryl/α,β-unsaturated/α-hetero) is 1. The molecule has 0 amide bonds. The van der Waals surface area contributed by atoms with Crippen molar-refractivity contribution in [2.45, 2.75) is 20.3 Å². The van der Waals surface area contributed by atoms with Gasteiger partial charge in [-0.1, -0.05) is 17.7 Å². The van der Waals surface area contributed by atoms with Crippen LogP contribution in [0.5, 0.6) is 0 Å². The molecule has 0 radical (unpaired) electrons. The highest BCUT2D eigenvalue weighted by Gasteiger charge is 2.01. The van der Waals surface area contributed by atoms with Gasteiger partial charge in [-0.25, -0.2) is 0 Å². The quantitative estimate of drug-likeness (QED) is 0.728. The first kappa shape index (κ1) is 10.8. The molecular formula is C12H17NO. The summed E-state index contributed by atoms with van der Waals surface area (Å²) in [4.78, 5) is 12.9. The predicted molar refractivity (Wildman–Crippen MR) is 59.7 cm³/mol. The molecule has 14 heavy (non-hydrogen) atoms. The Bertz CT molecular complexity index is 303. The van der Waals surface area contributed by atoms with Crippen molar-refractivity contribution in [2.75, 3.05) is 18.5 Å². The van der Waals surface area contributed by atoms with Crippen LogP contribution in [0.4, 0.5) is 5.69 Å². The molecule has 0 aliphatic heterocycles. The Morgan fingerprint density at radius 1 is 1.29 bits per heavy atom. The molecule has 0 saturated heterocycles. The first-order chi connectivity index (χ1) is 6.59. The van der Waals surface area contributed by atoms with Crippen LogP contribution in [0.3, 0.4) is 0 Å². The van der Waals surface area contributed by atoms with Crippen LogP contribution >= 0.6 is 0 Å². The molecule has 2 nitrogen and oxygen atoms in total. The molecule has 1 aromatic rings. The van der Waals surface area contributed by atoms with Gasteiger partial charge in [0.25, 0.3) is 0 Å². The average Bonchev–Trinajstić information content (AvgIpc) is 2.15. The lowest BCUT2D eigenvalue weighted by Gasteiger charge is -2.18. The van der Waals surface area contributed by atoms with Crippen molar-refractivity contribution in [1.82, 2.24) is 0 Å². The van der Waals surface area contributed by atoms with E-state index < -0.39 is 0 Å². The van der Waals surface area contributed by atoms with E-state index in [2.05, 4.69) is 36.1 Å². The van der Waals surface area contributed by atoms with Gasteiger partial charge in [-0.05, 0) is 26.0 Å². The van der Waals surface area contributed by atoms with E-state index in [1.54, 1.807) is 6.92 Å². The summed E-state index contributed by atoms with van der Waals surface area (Å²) in [7, 11) is 2.01. The van der Waals surface area contributed by atoms with E-state index in [0.29, 0.717) is 6.42 Å².